The molecule has 0 spiro atoms. The second-order valence-electron chi connectivity index (χ2n) is 7.30. The molecule has 0 aromatic heterocycles. The summed E-state index contributed by atoms with van der Waals surface area (Å²) < 4.78 is 0. The van der Waals surface area contributed by atoms with Crippen molar-refractivity contribution in [2.75, 3.05) is 23.9 Å². The normalized spacial score (nSPS) is 31.9. The number of anilines is 2. The van der Waals surface area contributed by atoms with Crippen LogP contribution in [0.3, 0.4) is 0 Å². The molecule has 0 radical (unpaired) electrons. The first-order valence-electron chi connectivity index (χ1n) is 9.15. The summed E-state index contributed by atoms with van der Waals surface area (Å²) in [6.07, 6.45) is 17.6. The third-order valence-corrected chi connectivity index (χ3v) is 5.67. The van der Waals surface area contributed by atoms with Crippen LogP contribution in [0.4, 0.5) is 11.4 Å². The molecular weight excluding hydrogens is 511 g/mol. The van der Waals surface area contributed by atoms with Crippen LogP contribution in [-0.4, -0.2) is 48.1 Å². The Kier molecular flexibility index (Phi) is 5.12. The van der Waals surface area contributed by atoms with Gasteiger partial charge in [-0.15, -0.1) is 17.4 Å². The number of hydrogen-bond acceptors (Lipinski definition) is 4. The summed E-state index contributed by atoms with van der Waals surface area (Å²) in [7, 11) is 4.27. The maximum absolute atomic E-state index is 3.66. The summed E-state index contributed by atoms with van der Waals surface area (Å²) in [6.45, 7) is 4.38. The van der Waals surface area contributed by atoms with E-state index in [0.717, 1.165) is 11.4 Å². The molecule has 5 heteroatoms. The van der Waals surface area contributed by atoms with Gasteiger partial charge in [-0.1, -0.05) is 48.6 Å². The van der Waals surface area contributed by atoms with E-state index in [9.17, 15) is 0 Å². The smallest absolute Gasteiger partial charge is 0.0359 e. The summed E-state index contributed by atoms with van der Waals surface area (Å²) in [5, 5.41) is 0. The van der Waals surface area contributed by atoms with Gasteiger partial charge in [0.1, 0.15) is 0 Å². The molecule has 4 aliphatic rings. The number of rotatable bonds is 2. The first kappa shape index (κ1) is 18.7. The molecule has 2 aliphatic heterocycles. The Labute approximate surface area is 175 Å². The van der Waals surface area contributed by atoms with Gasteiger partial charge in [0, 0.05) is 44.0 Å². The van der Waals surface area contributed by atoms with Crippen LogP contribution < -0.4 is 9.80 Å². The van der Waals surface area contributed by atoms with E-state index in [2.05, 4.69) is 120 Å². The van der Waals surface area contributed by atoms with Gasteiger partial charge < -0.3 is 19.6 Å². The standard InChI is InChI=1S/C22H23N4.Os/c1-23-15-25(21-12-5-3-10-19(21)23)17-8-7-9-18(14-17)26-16-24(2)20-11-4-6-13-22(20)26;/h3-13,15-16,19-22H,1-2H3;/q-3;. The minimum Gasteiger partial charge on any atom is -0.522 e. The topological polar surface area (TPSA) is 13.0 Å². The van der Waals surface area contributed by atoms with Crippen LogP contribution in [0.15, 0.2) is 66.8 Å². The first-order valence-corrected chi connectivity index (χ1v) is 9.15. The number of benzene rings is 1. The van der Waals surface area contributed by atoms with E-state index in [1.807, 2.05) is 0 Å². The van der Waals surface area contributed by atoms with Crippen molar-refractivity contribution < 1.29 is 19.8 Å². The minimum atomic E-state index is 0. The molecule has 4 atom stereocenters. The molecule has 2 fully saturated rings. The monoisotopic (exact) mass is 535 g/mol. The van der Waals surface area contributed by atoms with Crippen molar-refractivity contribution in [2.45, 2.75) is 24.2 Å². The summed E-state index contributed by atoms with van der Waals surface area (Å²) in [5.41, 5.74) is 2.22. The Hall–Kier alpha value is -1.66. The number of hydrogen-bond donors (Lipinski definition) is 0. The van der Waals surface area contributed by atoms with Crippen molar-refractivity contribution in [2.24, 2.45) is 0 Å². The Morgan fingerprint density at radius 2 is 1.11 bits per heavy atom. The van der Waals surface area contributed by atoms with Crippen LogP contribution in [0.2, 0.25) is 0 Å². The Morgan fingerprint density at radius 3 is 1.56 bits per heavy atom. The molecule has 0 amide bonds. The number of allylic oxidation sites excluding steroid dienone is 4. The molecule has 4 unspecified atom stereocenters. The first-order chi connectivity index (χ1) is 12.7. The van der Waals surface area contributed by atoms with Crippen LogP contribution in [0.1, 0.15) is 0 Å². The van der Waals surface area contributed by atoms with Gasteiger partial charge in [0.2, 0.25) is 0 Å². The molecular formula is C22H23N4Os-3. The molecule has 2 saturated heterocycles. The van der Waals surface area contributed by atoms with Gasteiger partial charge >= 0.3 is 0 Å². The van der Waals surface area contributed by atoms with Crippen LogP contribution in [0, 0.1) is 19.4 Å². The summed E-state index contributed by atoms with van der Waals surface area (Å²) in [5.74, 6) is 0. The molecule has 5 rings (SSSR count). The zero-order chi connectivity index (χ0) is 17.7. The second kappa shape index (κ2) is 7.39. The van der Waals surface area contributed by atoms with Crippen molar-refractivity contribution >= 4 is 11.4 Å². The fraction of sp³-hybridized carbons (Fsp3) is 0.273. The summed E-state index contributed by atoms with van der Waals surface area (Å²) in [6, 6.07) is 11.5. The molecule has 27 heavy (non-hydrogen) atoms. The Morgan fingerprint density at radius 1 is 0.704 bits per heavy atom. The molecule has 142 valence electrons. The molecule has 2 aliphatic carbocycles. The van der Waals surface area contributed by atoms with Crippen molar-refractivity contribution in [3.8, 4) is 0 Å². The van der Waals surface area contributed by atoms with E-state index in [1.165, 1.54) is 0 Å². The Balaban J connectivity index is 0.00000180. The van der Waals surface area contributed by atoms with Gasteiger partial charge in [-0.25, -0.2) is 0 Å². The van der Waals surface area contributed by atoms with Crippen molar-refractivity contribution in [1.82, 2.24) is 9.80 Å². The van der Waals surface area contributed by atoms with Gasteiger partial charge in [0.25, 0.3) is 0 Å². The third kappa shape index (κ3) is 3.12. The van der Waals surface area contributed by atoms with Crippen LogP contribution in [0.5, 0.6) is 0 Å². The number of fused-ring (bicyclic) bond motifs is 2. The SMILES string of the molecule is CN1[CH-]N(c2[c-]c(N3[CH-]N(C)C4C=CC=CC43)ccc2)C2C=CC=CC21.[Os]. The zero-order valence-electron chi connectivity index (χ0n) is 15.5. The maximum atomic E-state index is 3.66. The quantitative estimate of drug-likeness (QED) is 0.542. The average molecular weight is 534 g/mol. The summed E-state index contributed by atoms with van der Waals surface area (Å²) >= 11 is 0. The molecule has 0 saturated carbocycles. The fourth-order valence-corrected chi connectivity index (χ4v) is 4.33. The van der Waals surface area contributed by atoms with Crippen molar-refractivity contribution in [3.05, 3.63) is 86.2 Å². The van der Waals surface area contributed by atoms with Gasteiger partial charge in [0.05, 0.1) is 0 Å². The van der Waals surface area contributed by atoms with Gasteiger partial charge in [0.15, 0.2) is 0 Å². The second-order valence-corrected chi connectivity index (χ2v) is 7.30. The van der Waals surface area contributed by atoms with Crippen molar-refractivity contribution in [3.63, 3.8) is 0 Å². The predicted molar refractivity (Wildman–Crippen MR) is 106 cm³/mol. The fourth-order valence-electron chi connectivity index (χ4n) is 4.33. The van der Waals surface area contributed by atoms with Crippen molar-refractivity contribution in [1.29, 1.82) is 0 Å². The van der Waals surface area contributed by atoms with Crippen LogP contribution >= 0.6 is 0 Å². The molecule has 1 aromatic rings. The minimum absolute atomic E-state index is 0. The molecule has 0 N–H and O–H groups in total. The largest absolute Gasteiger partial charge is 0.522 e. The van der Waals surface area contributed by atoms with E-state index in [1.54, 1.807) is 0 Å². The number of likely N-dealkylation sites (N-methyl/N-ethyl adjacent to an activating group) is 2. The van der Waals surface area contributed by atoms with Gasteiger partial charge in [-0.2, -0.15) is 31.5 Å². The molecule has 2 heterocycles. The maximum Gasteiger partial charge on any atom is 0.0359 e. The van der Waals surface area contributed by atoms with E-state index in [0.29, 0.717) is 24.2 Å². The average Bonchev–Trinajstić information content (AvgIpc) is 3.20. The third-order valence-electron chi connectivity index (χ3n) is 5.67. The van der Waals surface area contributed by atoms with E-state index in [-0.39, 0.29) is 19.8 Å². The Bertz CT molecular complexity index is 751. The molecule has 1 aromatic carbocycles. The van der Waals surface area contributed by atoms with E-state index >= 15 is 0 Å². The van der Waals surface area contributed by atoms with Gasteiger partial charge in [-0.3, -0.25) is 0 Å². The van der Waals surface area contributed by atoms with E-state index in [4.69, 9.17) is 0 Å². The number of nitrogens with zero attached hydrogens (tertiary/aromatic N) is 4. The molecule has 4 nitrogen and oxygen atoms in total. The predicted octanol–water partition coefficient (Wildman–Crippen LogP) is 2.95. The zero-order valence-corrected chi connectivity index (χ0v) is 18.0. The summed E-state index contributed by atoms with van der Waals surface area (Å²) in [4.78, 5) is 9.18. The van der Waals surface area contributed by atoms with Crippen LogP contribution in [-0.2, 0) is 19.8 Å². The van der Waals surface area contributed by atoms with E-state index < -0.39 is 0 Å². The van der Waals surface area contributed by atoms with Gasteiger partial charge in [-0.05, 0) is 14.1 Å². The van der Waals surface area contributed by atoms with Crippen LogP contribution in [0.25, 0.3) is 0 Å². The molecule has 0 bridgehead atoms.